The maximum absolute atomic E-state index is 12.5. The molecule has 1 aliphatic rings. The Morgan fingerprint density at radius 3 is 2.55 bits per heavy atom. The summed E-state index contributed by atoms with van der Waals surface area (Å²) in [5, 5.41) is 3.30. The number of carbonyl (C=O) groups is 3. The van der Waals surface area contributed by atoms with Gasteiger partial charge in [-0.2, -0.15) is 0 Å². The Morgan fingerprint density at radius 2 is 1.87 bits per heavy atom. The normalized spacial score (nSPS) is 12.6. The lowest BCUT2D eigenvalue weighted by Gasteiger charge is -2.31. The zero-order valence-electron chi connectivity index (χ0n) is 17.4. The lowest BCUT2D eigenvalue weighted by atomic mass is 10.2. The van der Waals surface area contributed by atoms with Crippen LogP contribution in [0.5, 0.6) is 11.5 Å². The van der Waals surface area contributed by atoms with Crippen molar-refractivity contribution in [3.05, 3.63) is 47.5 Å². The standard InChI is InChI=1S/C22H24ClN3O5/c1-3-25(4-2)21(28)12-26-18-11-16(7-10-19(18)31-14-22(26)29)24-20(27)13-30-17-8-5-15(23)6-9-17/h5-11H,3-4,12-14H2,1-2H3,(H,24,27). The van der Waals surface area contributed by atoms with E-state index in [1.807, 2.05) is 13.8 Å². The minimum Gasteiger partial charge on any atom is -0.484 e. The van der Waals surface area contributed by atoms with Gasteiger partial charge in [-0.15, -0.1) is 0 Å². The van der Waals surface area contributed by atoms with E-state index in [2.05, 4.69) is 5.32 Å². The van der Waals surface area contributed by atoms with Crippen LogP contribution >= 0.6 is 11.6 Å². The summed E-state index contributed by atoms with van der Waals surface area (Å²) >= 11 is 5.83. The molecule has 3 amide bonds. The molecule has 0 saturated heterocycles. The van der Waals surface area contributed by atoms with Crippen molar-refractivity contribution < 1.29 is 23.9 Å². The second-order valence-corrected chi connectivity index (χ2v) is 7.24. The molecule has 2 aromatic carbocycles. The first-order valence-electron chi connectivity index (χ1n) is 9.94. The molecule has 0 unspecified atom stereocenters. The predicted octanol–water partition coefficient (Wildman–Crippen LogP) is 2.95. The SMILES string of the molecule is CCN(CC)C(=O)CN1C(=O)COc2ccc(NC(=O)COc3ccc(Cl)cc3)cc21. The van der Waals surface area contributed by atoms with Crippen LogP contribution in [-0.4, -0.2) is 55.5 Å². The first-order chi connectivity index (χ1) is 14.9. The molecule has 31 heavy (non-hydrogen) atoms. The van der Waals surface area contributed by atoms with Crippen molar-refractivity contribution in [2.45, 2.75) is 13.8 Å². The number of hydrogen-bond acceptors (Lipinski definition) is 5. The van der Waals surface area contributed by atoms with Crippen LogP contribution < -0.4 is 19.7 Å². The molecule has 0 fully saturated rings. The molecule has 2 aromatic rings. The van der Waals surface area contributed by atoms with E-state index < -0.39 is 0 Å². The highest BCUT2D eigenvalue weighted by Gasteiger charge is 2.29. The summed E-state index contributed by atoms with van der Waals surface area (Å²) in [6.07, 6.45) is 0. The van der Waals surface area contributed by atoms with E-state index >= 15 is 0 Å². The van der Waals surface area contributed by atoms with E-state index in [9.17, 15) is 14.4 Å². The second kappa shape index (κ2) is 10.2. The maximum Gasteiger partial charge on any atom is 0.265 e. The number of rotatable bonds is 8. The lowest BCUT2D eigenvalue weighted by molar-refractivity contribution is -0.131. The van der Waals surface area contributed by atoms with E-state index in [0.717, 1.165) is 0 Å². The highest BCUT2D eigenvalue weighted by atomic mass is 35.5. The Balaban J connectivity index is 1.69. The molecule has 0 atom stereocenters. The van der Waals surface area contributed by atoms with Gasteiger partial charge in [-0.05, 0) is 56.3 Å². The molecular formula is C22H24ClN3O5. The van der Waals surface area contributed by atoms with E-state index in [1.54, 1.807) is 47.4 Å². The smallest absolute Gasteiger partial charge is 0.265 e. The number of halogens is 1. The van der Waals surface area contributed by atoms with Gasteiger partial charge in [0.2, 0.25) is 5.91 Å². The topological polar surface area (TPSA) is 88.2 Å². The number of benzene rings is 2. The van der Waals surface area contributed by atoms with Gasteiger partial charge in [-0.1, -0.05) is 11.6 Å². The van der Waals surface area contributed by atoms with Crippen molar-refractivity contribution >= 4 is 40.7 Å². The van der Waals surface area contributed by atoms with Crippen LogP contribution in [0.2, 0.25) is 5.02 Å². The molecule has 0 bridgehead atoms. The van der Waals surface area contributed by atoms with Gasteiger partial charge in [-0.25, -0.2) is 0 Å². The molecule has 1 aliphatic heterocycles. The number of hydrogen-bond donors (Lipinski definition) is 1. The van der Waals surface area contributed by atoms with Gasteiger partial charge in [0.05, 0.1) is 5.69 Å². The van der Waals surface area contributed by atoms with Crippen LogP contribution in [0, 0.1) is 0 Å². The largest absolute Gasteiger partial charge is 0.484 e. The Morgan fingerprint density at radius 1 is 1.16 bits per heavy atom. The molecule has 0 aliphatic carbocycles. The van der Waals surface area contributed by atoms with Crippen LogP contribution in [0.3, 0.4) is 0 Å². The van der Waals surface area contributed by atoms with Gasteiger partial charge in [0.25, 0.3) is 11.8 Å². The van der Waals surface area contributed by atoms with Gasteiger partial charge in [-0.3, -0.25) is 19.3 Å². The molecule has 0 aromatic heterocycles. The van der Waals surface area contributed by atoms with Gasteiger partial charge in [0.1, 0.15) is 18.0 Å². The van der Waals surface area contributed by atoms with Crippen molar-refractivity contribution in [3.63, 3.8) is 0 Å². The predicted molar refractivity (Wildman–Crippen MR) is 118 cm³/mol. The van der Waals surface area contributed by atoms with Gasteiger partial charge >= 0.3 is 0 Å². The second-order valence-electron chi connectivity index (χ2n) is 6.81. The Kier molecular flexibility index (Phi) is 7.36. The maximum atomic E-state index is 12.5. The third-order valence-corrected chi connectivity index (χ3v) is 5.03. The summed E-state index contributed by atoms with van der Waals surface area (Å²) in [5.74, 6) is 0.149. The van der Waals surface area contributed by atoms with Crippen LogP contribution in [-0.2, 0) is 14.4 Å². The third kappa shape index (κ3) is 5.67. The van der Waals surface area contributed by atoms with Crippen LogP contribution in [0.1, 0.15) is 13.8 Å². The Hall–Kier alpha value is -3.26. The molecule has 164 valence electrons. The number of anilines is 2. The average molecular weight is 446 g/mol. The molecule has 3 rings (SSSR count). The fourth-order valence-corrected chi connectivity index (χ4v) is 3.27. The van der Waals surface area contributed by atoms with E-state index in [0.29, 0.717) is 41.0 Å². The molecular weight excluding hydrogens is 422 g/mol. The Bertz CT molecular complexity index is 960. The number of amides is 3. The zero-order valence-corrected chi connectivity index (χ0v) is 18.1. The van der Waals surface area contributed by atoms with Crippen LogP contribution in [0.4, 0.5) is 11.4 Å². The molecule has 8 nitrogen and oxygen atoms in total. The van der Waals surface area contributed by atoms with Gasteiger partial charge < -0.3 is 19.7 Å². The monoisotopic (exact) mass is 445 g/mol. The summed E-state index contributed by atoms with van der Waals surface area (Å²) in [6.45, 7) is 4.47. The molecule has 1 heterocycles. The Labute approximate surface area is 185 Å². The summed E-state index contributed by atoms with van der Waals surface area (Å²) in [7, 11) is 0. The molecule has 0 radical (unpaired) electrons. The number of fused-ring (bicyclic) bond motifs is 1. The van der Waals surface area contributed by atoms with E-state index in [4.69, 9.17) is 21.1 Å². The van der Waals surface area contributed by atoms with E-state index in [-0.39, 0.29) is 37.5 Å². The number of carbonyl (C=O) groups excluding carboxylic acids is 3. The lowest BCUT2D eigenvalue weighted by Crippen LogP contribution is -2.46. The molecule has 0 saturated carbocycles. The fourth-order valence-electron chi connectivity index (χ4n) is 3.14. The summed E-state index contributed by atoms with van der Waals surface area (Å²) in [4.78, 5) is 40.3. The fraction of sp³-hybridized carbons (Fsp3) is 0.318. The highest BCUT2D eigenvalue weighted by Crippen LogP contribution is 2.34. The number of ether oxygens (including phenoxy) is 2. The van der Waals surface area contributed by atoms with Crippen molar-refractivity contribution in [2.75, 3.05) is 43.1 Å². The number of nitrogens with one attached hydrogen (secondary N) is 1. The molecule has 9 heteroatoms. The van der Waals surface area contributed by atoms with Crippen LogP contribution in [0.15, 0.2) is 42.5 Å². The quantitative estimate of drug-likeness (QED) is 0.675. The summed E-state index contributed by atoms with van der Waals surface area (Å²) in [5.41, 5.74) is 0.898. The first-order valence-corrected chi connectivity index (χ1v) is 10.3. The van der Waals surface area contributed by atoms with Crippen molar-refractivity contribution in [2.24, 2.45) is 0 Å². The minimum atomic E-state index is -0.372. The highest BCUT2D eigenvalue weighted by molar-refractivity contribution is 6.30. The zero-order chi connectivity index (χ0) is 22.4. The van der Waals surface area contributed by atoms with Crippen molar-refractivity contribution in [1.82, 2.24) is 4.90 Å². The van der Waals surface area contributed by atoms with Crippen molar-refractivity contribution in [3.8, 4) is 11.5 Å². The summed E-state index contributed by atoms with van der Waals surface area (Å²) in [6, 6.07) is 11.6. The van der Waals surface area contributed by atoms with Gasteiger partial charge in [0.15, 0.2) is 13.2 Å². The van der Waals surface area contributed by atoms with Crippen LogP contribution in [0.25, 0.3) is 0 Å². The van der Waals surface area contributed by atoms with Gasteiger partial charge in [0, 0.05) is 23.8 Å². The third-order valence-electron chi connectivity index (χ3n) is 4.78. The van der Waals surface area contributed by atoms with Crippen molar-refractivity contribution in [1.29, 1.82) is 0 Å². The first kappa shape index (κ1) is 22.4. The molecule has 1 N–H and O–H groups in total. The molecule has 0 spiro atoms. The minimum absolute atomic E-state index is 0.0893. The average Bonchev–Trinajstić information content (AvgIpc) is 2.76. The summed E-state index contributed by atoms with van der Waals surface area (Å²) < 4.78 is 10.9. The number of likely N-dealkylation sites (N-methyl/N-ethyl adjacent to an activating group) is 1. The van der Waals surface area contributed by atoms with E-state index in [1.165, 1.54) is 4.90 Å². The number of nitrogens with zero attached hydrogens (tertiary/aromatic N) is 2.